The van der Waals surface area contributed by atoms with Crippen molar-refractivity contribution in [2.24, 2.45) is 0 Å². The van der Waals surface area contributed by atoms with Crippen molar-refractivity contribution in [1.29, 1.82) is 0 Å². The third-order valence-corrected chi connectivity index (χ3v) is 5.32. The maximum atomic E-state index is 11.9. The smallest absolute Gasteiger partial charge is 0.337 e. The summed E-state index contributed by atoms with van der Waals surface area (Å²) in [4.78, 5) is 11.9. The van der Waals surface area contributed by atoms with Gasteiger partial charge in [0.25, 0.3) is 0 Å². The van der Waals surface area contributed by atoms with Gasteiger partial charge < -0.3 is 15.0 Å². The quantitative estimate of drug-likeness (QED) is 0.570. The molecule has 0 bridgehead atoms. The van der Waals surface area contributed by atoms with E-state index in [0.717, 1.165) is 29.9 Å². The van der Waals surface area contributed by atoms with Crippen LogP contribution in [0.25, 0.3) is 0 Å². The number of carboxylic acid groups (broad SMARTS) is 1. The zero-order valence-corrected chi connectivity index (χ0v) is 16.8. The second-order valence-corrected chi connectivity index (χ2v) is 7.31. The van der Waals surface area contributed by atoms with Gasteiger partial charge in [0.2, 0.25) is 0 Å². The SMILES string of the molecule is Cc1ccc(Cn2c(C)c(CNCCc3ccccc3)c(C(=O)O)c2C)cc1. The summed E-state index contributed by atoms with van der Waals surface area (Å²) in [5, 5.41) is 13.2. The van der Waals surface area contributed by atoms with E-state index in [4.69, 9.17) is 0 Å². The number of nitrogens with one attached hydrogen (secondary N) is 1. The lowest BCUT2D eigenvalue weighted by molar-refractivity contribution is 0.0694. The molecule has 0 fully saturated rings. The van der Waals surface area contributed by atoms with Gasteiger partial charge in [-0.25, -0.2) is 4.79 Å². The van der Waals surface area contributed by atoms with Crippen molar-refractivity contribution in [2.45, 2.75) is 40.3 Å². The van der Waals surface area contributed by atoms with Crippen molar-refractivity contribution in [3.63, 3.8) is 0 Å². The van der Waals surface area contributed by atoms with E-state index in [1.807, 2.05) is 32.0 Å². The van der Waals surface area contributed by atoms with Crippen LogP contribution >= 0.6 is 0 Å². The van der Waals surface area contributed by atoms with Crippen LogP contribution in [0.1, 0.15) is 44.0 Å². The summed E-state index contributed by atoms with van der Waals surface area (Å²) < 4.78 is 2.11. The molecule has 3 aromatic rings. The van der Waals surface area contributed by atoms with Crippen molar-refractivity contribution >= 4 is 5.97 Å². The first kappa shape index (κ1) is 19.9. The van der Waals surface area contributed by atoms with E-state index in [0.29, 0.717) is 18.7 Å². The zero-order chi connectivity index (χ0) is 20.1. The normalized spacial score (nSPS) is 11.0. The lowest BCUT2D eigenvalue weighted by atomic mass is 10.1. The van der Waals surface area contributed by atoms with Crippen molar-refractivity contribution in [1.82, 2.24) is 9.88 Å². The number of carboxylic acids is 1. The maximum Gasteiger partial charge on any atom is 0.337 e. The highest BCUT2D eigenvalue weighted by atomic mass is 16.4. The third-order valence-electron chi connectivity index (χ3n) is 5.32. The molecule has 0 amide bonds. The Labute approximate surface area is 166 Å². The number of hydrogen-bond donors (Lipinski definition) is 2. The number of nitrogens with zero attached hydrogens (tertiary/aromatic N) is 1. The molecule has 0 spiro atoms. The molecule has 1 aromatic heterocycles. The van der Waals surface area contributed by atoms with Crippen LogP contribution in [-0.4, -0.2) is 22.2 Å². The first-order valence-corrected chi connectivity index (χ1v) is 9.69. The predicted molar refractivity (Wildman–Crippen MR) is 113 cm³/mol. The van der Waals surface area contributed by atoms with Crippen LogP contribution in [0.15, 0.2) is 54.6 Å². The summed E-state index contributed by atoms with van der Waals surface area (Å²) in [5.74, 6) is -0.858. The van der Waals surface area contributed by atoms with E-state index in [1.54, 1.807) is 0 Å². The first-order chi connectivity index (χ1) is 13.5. The van der Waals surface area contributed by atoms with E-state index in [9.17, 15) is 9.90 Å². The van der Waals surface area contributed by atoms with Gasteiger partial charge in [-0.3, -0.25) is 0 Å². The average molecular weight is 377 g/mol. The number of aromatic carboxylic acids is 1. The van der Waals surface area contributed by atoms with E-state index < -0.39 is 5.97 Å². The van der Waals surface area contributed by atoms with Gasteiger partial charge in [0, 0.05) is 30.0 Å². The molecule has 4 nitrogen and oxygen atoms in total. The van der Waals surface area contributed by atoms with Crippen LogP contribution in [0.5, 0.6) is 0 Å². The second kappa shape index (κ2) is 8.89. The minimum Gasteiger partial charge on any atom is -0.478 e. The molecule has 0 aliphatic carbocycles. The molecule has 0 saturated heterocycles. The fourth-order valence-corrected chi connectivity index (χ4v) is 3.65. The van der Waals surface area contributed by atoms with Crippen LogP contribution < -0.4 is 5.32 Å². The number of carbonyl (C=O) groups is 1. The summed E-state index contributed by atoms with van der Waals surface area (Å²) >= 11 is 0. The van der Waals surface area contributed by atoms with Gasteiger partial charge in [-0.2, -0.15) is 0 Å². The molecule has 1 heterocycles. The molecule has 0 atom stereocenters. The fraction of sp³-hybridized carbons (Fsp3) is 0.292. The van der Waals surface area contributed by atoms with E-state index in [-0.39, 0.29) is 0 Å². The third kappa shape index (κ3) is 4.52. The van der Waals surface area contributed by atoms with Crippen LogP contribution in [0.2, 0.25) is 0 Å². The highest BCUT2D eigenvalue weighted by Gasteiger charge is 2.22. The number of benzene rings is 2. The van der Waals surface area contributed by atoms with Gasteiger partial charge in [-0.15, -0.1) is 0 Å². The van der Waals surface area contributed by atoms with Gasteiger partial charge in [-0.1, -0.05) is 60.2 Å². The lowest BCUT2D eigenvalue weighted by Crippen LogP contribution is -2.18. The number of aromatic nitrogens is 1. The average Bonchev–Trinajstić information content (AvgIpc) is 2.92. The molecule has 4 heteroatoms. The zero-order valence-electron chi connectivity index (χ0n) is 16.8. The molecule has 2 aromatic carbocycles. The highest BCUT2D eigenvalue weighted by molar-refractivity contribution is 5.91. The fourth-order valence-electron chi connectivity index (χ4n) is 3.65. The molecule has 0 unspecified atom stereocenters. The molecular formula is C24H28N2O2. The van der Waals surface area contributed by atoms with Gasteiger partial charge in [-0.05, 0) is 44.9 Å². The monoisotopic (exact) mass is 376 g/mol. The first-order valence-electron chi connectivity index (χ1n) is 9.69. The Bertz CT molecular complexity index is 941. The van der Waals surface area contributed by atoms with Crippen LogP contribution in [0, 0.1) is 20.8 Å². The van der Waals surface area contributed by atoms with Crippen molar-refractivity contribution < 1.29 is 9.90 Å². The van der Waals surface area contributed by atoms with E-state index >= 15 is 0 Å². The van der Waals surface area contributed by atoms with E-state index in [2.05, 4.69) is 53.2 Å². The molecule has 2 N–H and O–H groups in total. The van der Waals surface area contributed by atoms with Gasteiger partial charge in [0.05, 0.1) is 5.56 Å². The van der Waals surface area contributed by atoms with Gasteiger partial charge in [0.1, 0.15) is 0 Å². The van der Waals surface area contributed by atoms with E-state index in [1.165, 1.54) is 16.7 Å². The Morgan fingerprint density at radius 3 is 2.25 bits per heavy atom. The Hall–Kier alpha value is -2.85. The second-order valence-electron chi connectivity index (χ2n) is 7.31. The summed E-state index contributed by atoms with van der Waals surface area (Å²) in [7, 11) is 0. The number of aryl methyl sites for hydroxylation is 1. The Kier molecular flexibility index (Phi) is 6.32. The van der Waals surface area contributed by atoms with Crippen LogP contribution in [0.4, 0.5) is 0 Å². The van der Waals surface area contributed by atoms with Crippen LogP contribution in [0.3, 0.4) is 0 Å². The maximum absolute atomic E-state index is 11.9. The molecule has 0 radical (unpaired) electrons. The molecule has 146 valence electrons. The Morgan fingerprint density at radius 2 is 1.61 bits per heavy atom. The number of rotatable bonds is 8. The predicted octanol–water partition coefficient (Wildman–Crippen LogP) is 4.49. The standard InChI is InChI=1S/C24H28N2O2/c1-17-9-11-21(12-10-17)16-26-18(2)22(23(19(26)3)24(27)28)15-25-14-13-20-7-5-4-6-8-20/h4-12,25H,13-16H2,1-3H3,(H,27,28). The van der Waals surface area contributed by atoms with Gasteiger partial charge in [0.15, 0.2) is 0 Å². The Balaban J connectivity index is 1.76. The van der Waals surface area contributed by atoms with Crippen molar-refractivity contribution in [2.75, 3.05) is 6.54 Å². The van der Waals surface area contributed by atoms with Crippen molar-refractivity contribution in [3.05, 3.63) is 93.8 Å². The molecule has 0 aliphatic rings. The van der Waals surface area contributed by atoms with Crippen LogP contribution in [-0.2, 0) is 19.5 Å². The molecule has 0 aliphatic heterocycles. The summed E-state index contributed by atoms with van der Waals surface area (Å²) in [6.07, 6.45) is 0.922. The van der Waals surface area contributed by atoms with Crippen molar-refractivity contribution in [3.8, 4) is 0 Å². The minimum absolute atomic E-state index is 0.428. The molecule has 28 heavy (non-hydrogen) atoms. The van der Waals surface area contributed by atoms with Gasteiger partial charge >= 0.3 is 5.97 Å². The summed E-state index contributed by atoms with van der Waals surface area (Å²) in [5.41, 5.74) is 6.81. The molecular weight excluding hydrogens is 348 g/mol. The minimum atomic E-state index is -0.858. The largest absolute Gasteiger partial charge is 0.478 e. The highest BCUT2D eigenvalue weighted by Crippen LogP contribution is 2.24. The Morgan fingerprint density at radius 1 is 0.929 bits per heavy atom. The summed E-state index contributed by atoms with van der Waals surface area (Å²) in [6, 6.07) is 18.7. The summed E-state index contributed by atoms with van der Waals surface area (Å²) in [6.45, 7) is 8.03. The lowest BCUT2D eigenvalue weighted by Gasteiger charge is -2.11. The molecule has 0 saturated carbocycles. The molecule has 3 rings (SSSR count). The topological polar surface area (TPSA) is 54.3 Å². The number of hydrogen-bond acceptors (Lipinski definition) is 2.